The van der Waals surface area contributed by atoms with Gasteiger partial charge in [0.25, 0.3) is 0 Å². The van der Waals surface area contributed by atoms with Crippen LogP contribution in [0.3, 0.4) is 0 Å². The number of sulfonamides is 1. The van der Waals surface area contributed by atoms with Crippen molar-refractivity contribution in [1.29, 1.82) is 5.26 Å². The largest absolute Gasteiger partial charge is 0.507 e. The summed E-state index contributed by atoms with van der Waals surface area (Å²) in [5, 5.41) is 19.9. The van der Waals surface area contributed by atoms with Crippen LogP contribution in [0.2, 0.25) is 0 Å². The minimum Gasteiger partial charge on any atom is -0.507 e. The van der Waals surface area contributed by atoms with Gasteiger partial charge in [0.05, 0.1) is 34.7 Å². The van der Waals surface area contributed by atoms with Gasteiger partial charge in [-0.15, -0.1) is 0 Å². The number of aryl methyl sites for hydroxylation is 1. The van der Waals surface area contributed by atoms with E-state index in [0.717, 1.165) is 0 Å². The molecule has 11 heteroatoms. The van der Waals surface area contributed by atoms with Crippen molar-refractivity contribution in [3.05, 3.63) is 65.2 Å². The van der Waals surface area contributed by atoms with Crippen LogP contribution >= 0.6 is 0 Å². The Bertz CT molecular complexity index is 1380. The van der Waals surface area contributed by atoms with Gasteiger partial charge in [-0.05, 0) is 36.8 Å². The number of carbonyl (C=O) groups excluding carboxylic acids is 1. The molecule has 0 saturated carbocycles. The molecule has 1 saturated heterocycles. The highest BCUT2D eigenvalue weighted by atomic mass is 32.2. The molecule has 0 amide bonds. The van der Waals surface area contributed by atoms with E-state index in [2.05, 4.69) is 9.97 Å². The Labute approximate surface area is 196 Å². The zero-order chi connectivity index (χ0) is 24.3. The van der Waals surface area contributed by atoms with Crippen LogP contribution in [-0.2, 0) is 19.5 Å². The molecule has 34 heavy (non-hydrogen) atoms. The molecular weight excluding hydrogens is 460 g/mol. The van der Waals surface area contributed by atoms with Gasteiger partial charge < -0.3 is 19.6 Å². The number of morpholine rings is 1. The third-order valence-corrected chi connectivity index (χ3v) is 7.30. The lowest BCUT2D eigenvalue weighted by atomic mass is 10.1. The summed E-state index contributed by atoms with van der Waals surface area (Å²) in [6.45, 7) is 2.13. The van der Waals surface area contributed by atoms with Crippen molar-refractivity contribution in [2.75, 3.05) is 32.9 Å². The molecule has 1 fully saturated rings. The average molecular weight is 483 g/mol. The molecule has 10 nitrogen and oxygen atoms in total. The summed E-state index contributed by atoms with van der Waals surface area (Å²) in [6, 6.07) is 13.2. The van der Waals surface area contributed by atoms with Crippen molar-refractivity contribution in [1.82, 2.24) is 14.3 Å². The van der Waals surface area contributed by atoms with Crippen LogP contribution in [0.25, 0.3) is 16.6 Å². The summed E-state index contributed by atoms with van der Waals surface area (Å²) in [7, 11) is -3.80. The summed E-state index contributed by atoms with van der Waals surface area (Å²) >= 11 is 0. The van der Waals surface area contributed by atoms with Crippen LogP contribution in [0.15, 0.2) is 53.1 Å². The minimum atomic E-state index is -3.80. The number of aromatic nitrogens is 2. The molecule has 1 aliphatic heterocycles. The second-order valence-electron chi connectivity index (χ2n) is 7.61. The minimum absolute atomic E-state index is 0.0355. The Kier molecular flexibility index (Phi) is 6.65. The number of aromatic amines is 1. The maximum absolute atomic E-state index is 12.9. The zero-order valence-electron chi connectivity index (χ0n) is 18.3. The molecule has 0 bridgehead atoms. The van der Waals surface area contributed by atoms with Gasteiger partial charge in [0.15, 0.2) is 11.6 Å². The van der Waals surface area contributed by atoms with Gasteiger partial charge in [-0.1, -0.05) is 18.2 Å². The Morgan fingerprint density at radius 3 is 2.71 bits per heavy atom. The maximum atomic E-state index is 12.9. The number of imidazole rings is 1. The third-order valence-electron chi connectivity index (χ3n) is 5.40. The Morgan fingerprint density at radius 2 is 2.00 bits per heavy atom. The quantitative estimate of drug-likeness (QED) is 0.310. The molecule has 2 N–H and O–H groups in total. The number of aliphatic hydroxyl groups excluding tert-OH is 1. The molecule has 4 rings (SSSR count). The van der Waals surface area contributed by atoms with Gasteiger partial charge in [0.2, 0.25) is 10.0 Å². The molecular formula is C23H22N4O6S. The van der Waals surface area contributed by atoms with Crippen molar-refractivity contribution in [3.63, 3.8) is 0 Å². The molecule has 1 aliphatic rings. The monoisotopic (exact) mass is 482 g/mol. The topological polar surface area (TPSA) is 146 Å². The number of para-hydroxylation sites is 2. The van der Waals surface area contributed by atoms with E-state index in [0.29, 0.717) is 29.8 Å². The molecule has 0 radical (unpaired) electrons. The van der Waals surface area contributed by atoms with Crippen LogP contribution in [0.4, 0.5) is 0 Å². The average Bonchev–Trinajstić information content (AvgIpc) is 3.27. The first-order valence-corrected chi connectivity index (χ1v) is 11.9. The fourth-order valence-electron chi connectivity index (χ4n) is 3.53. The second kappa shape index (κ2) is 9.64. The van der Waals surface area contributed by atoms with E-state index < -0.39 is 28.4 Å². The Hall–Kier alpha value is -3.72. The molecule has 3 aromatic rings. The number of aliphatic hydroxyl groups is 1. The number of nitriles is 1. The zero-order valence-corrected chi connectivity index (χ0v) is 19.1. The van der Waals surface area contributed by atoms with Gasteiger partial charge in [-0.3, -0.25) is 0 Å². The van der Waals surface area contributed by atoms with E-state index in [1.165, 1.54) is 22.5 Å². The van der Waals surface area contributed by atoms with E-state index in [4.69, 9.17) is 9.47 Å². The van der Waals surface area contributed by atoms with Crippen molar-refractivity contribution >= 4 is 32.6 Å². The predicted molar refractivity (Wildman–Crippen MR) is 122 cm³/mol. The summed E-state index contributed by atoms with van der Waals surface area (Å²) in [4.78, 5) is 19.9. The standard InChI is InChI=1S/C23H22N4O6S/c1-15-6-7-16(34(30,31)27-8-10-32-11-9-27)12-17(15)23(29)33-14-21(28)18(13-24)22-25-19-4-2-3-5-20(19)26-22/h2-7,12,28H,8-11,14H2,1H3,(H,25,26). The van der Waals surface area contributed by atoms with Crippen molar-refractivity contribution < 1.29 is 27.8 Å². The Balaban J connectivity index is 1.54. The van der Waals surface area contributed by atoms with Gasteiger partial charge in [-0.25, -0.2) is 18.2 Å². The number of ether oxygens (including phenoxy) is 2. The number of H-pyrrole nitrogens is 1. The summed E-state index contributed by atoms with van der Waals surface area (Å²) in [6.07, 6.45) is 0. The molecule has 2 aromatic carbocycles. The van der Waals surface area contributed by atoms with Gasteiger partial charge >= 0.3 is 5.97 Å². The van der Waals surface area contributed by atoms with Crippen LogP contribution in [0.1, 0.15) is 21.7 Å². The lowest BCUT2D eigenvalue weighted by molar-refractivity contribution is 0.0501. The van der Waals surface area contributed by atoms with Crippen LogP contribution < -0.4 is 0 Å². The number of benzene rings is 2. The lowest BCUT2D eigenvalue weighted by Crippen LogP contribution is -2.40. The van der Waals surface area contributed by atoms with E-state index in [-0.39, 0.29) is 34.9 Å². The lowest BCUT2D eigenvalue weighted by Gasteiger charge is -2.26. The predicted octanol–water partition coefficient (Wildman–Crippen LogP) is 2.54. The van der Waals surface area contributed by atoms with Gasteiger partial charge in [0.1, 0.15) is 18.2 Å². The van der Waals surface area contributed by atoms with E-state index in [1.807, 2.05) is 6.07 Å². The van der Waals surface area contributed by atoms with Crippen LogP contribution in [0, 0.1) is 18.3 Å². The summed E-state index contributed by atoms with van der Waals surface area (Å²) < 4.78 is 37.5. The molecule has 0 spiro atoms. The number of nitrogens with zero attached hydrogens (tertiary/aromatic N) is 3. The summed E-state index contributed by atoms with van der Waals surface area (Å²) in [5.74, 6) is -1.17. The number of rotatable bonds is 6. The highest BCUT2D eigenvalue weighted by molar-refractivity contribution is 7.89. The Morgan fingerprint density at radius 1 is 1.26 bits per heavy atom. The first-order chi connectivity index (χ1) is 16.3. The summed E-state index contributed by atoms with van der Waals surface area (Å²) in [5.41, 5.74) is 1.69. The third kappa shape index (κ3) is 4.65. The molecule has 2 heterocycles. The highest BCUT2D eigenvalue weighted by Crippen LogP contribution is 2.22. The van der Waals surface area contributed by atoms with E-state index in [1.54, 1.807) is 31.2 Å². The number of esters is 1. The number of hydrogen-bond acceptors (Lipinski definition) is 8. The number of nitrogens with one attached hydrogen (secondary N) is 1. The second-order valence-corrected chi connectivity index (χ2v) is 9.54. The fourth-order valence-corrected chi connectivity index (χ4v) is 4.96. The van der Waals surface area contributed by atoms with E-state index >= 15 is 0 Å². The van der Waals surface area contributed by atoms with Crippen LogP contribution in [-0.4, -0.2) is 66.7 Å². The molecule has 0 atom stereocenters. The van der Waals surface area contributed by atoms with Gasteiger partial charge in [-0.2, -0.15) is 9.57 Å². The van der Waals surface area contributed by atoms with Gasteiger partial charge in [0, 0.05) is 13.1 Å². The van der Waals surface area contributed by atoms with E-state index in [9.17, 15) is 23.6 Å². The number of allylic oxidation sites excluding steroid dienone is 1. The fraction of sp³-hybridized carbons (Fsp3) is 0.261. The van der Waals surface area contributed by atoms with Crippen molar-refractivity contribution in [2.24, 2.45) is 0 Å². The molecule has 1 aromatic heterocycles. The normalized spacial score (nSPS) is 15.5. The molecule has 0 aliphatic carbocycles. The first kappa shape index (κ1) is 23.4. The number of carbonyl (C=O) groups is 1. The van der Waals surface area contributed by atoms with Crippen molar-refractivity contribution in [2.45, 2.75) is 11.8 Å². The first-order valence-electron chi connectivity index (χ1n) is 10.4. The number of fused-ring (bicyclic) bond motifs is 1. The molecule has 0 unspecified atom stereocenters. The van der Waals surface area contributed by atoms with Crippen molar-refractivity contribution in [3.8, 4) is 6.07 Å². The molecule has 176 valence electrons. The SMILES string of the molecule is Cc1ccc(S(=O)(=O)N2CCOCC2)cc1C(=O)OCC(O)=C(C#N)c1nc2ccccc2[nH]1. The van der Waals surface area contributed by atoms with Crippen LogP contribution in [0.5, 0.6) is 0 Å². The highest BCUT2D eigenvalue weighted by Gasteiger charge is 2.27. The number of hydrogen-bond donors (Lipinski definition) is 2. The maximum Gasteiger partial charge on any atom is 0.338 e. The smallest absolute Gasteiger partial charge is 0.338 e.